The molecule has 1 N–H and O–H groups in total. The minimum atomic E-state index is -0.301. The molecule has 0 radical (unpaired) electrons. The summed E-state index contributed by atoms with van der Waals surface area (Å²) in [6, 6.07) is 0. The molecule has 0 amide bonds. The second-order valence-corrected chi connectivity index (χ2v) is 9.24. The van der Waals surface area contributed by atoms with E-state index in [1.54, 1.807) is 6.08 Å². The van der Waals surface area contributed by atoms with Crippen molar-refractivity contribution in [2.75, 3.05) is 0 Å². The number of allylic oxidation sites excluding steroid dienone is 4. The Balaban J connectivity index is 1.78. The number of aliphatic hydroxyl groups is 1. The van der Waals surface area contributed by atoms with Gasteiger partial charge in [-0.2, -0.15) is 0 Å². The van der Waals surface area contributed by atoms with Crippen LogP contribution in [0.4, 0.5) is 0 Å². The van der Waals surface area contributed by atoms with Gasteiger partial charge >= 0.3 is 0 Å². The molecule has 0 bridgehead atoms. The first-order valence-corrected chi connectivity index (χ1v) is 9.47. The molecule has 7 atom stereocenters. The number of aliphatic hydroxyl groups excluding tert-OH is 1. The van der Waals surface area contributed by atoms with Gasteiger partial charge in [0.15, 0.2) is 5.78 Å². The third-order valence-corrected chi connectivity index (χ3v) is 8.47. The summed E-state index contributed by atoms with van der Waals surface area (Å²) in [7, 11) is 0. The smallest absolute Gasteiger partial charge is 0.196 e. The molecule has 0 spiro atoms. The fraction of sp³-hybridized carbons (Fsp3) is 0.750. The second kappa shape index (κ2) is 4.95. The molecule has 1 unspecified atom stereocenters. The van der Waals surface area contributed by atoms with Gasteiger partial charge in [0.2, 0.25) is 0 Å². The SMILES string of the molecule is C[C@@H]1CC[C@H]2[C@@H]3CCC4=C(Cl)C(=O)C=C[C@]4(C)C3[C@@H](O)C[C@]12C. The molecule has 126 valence electrons. The van der Waals surface area contributed by atoms with Gasteiger partial charge in [-0.3, -0.25) is 4.79 Å². The number of fused-ring (bicyclic) bond motifs is 5. The second-order valence-electron chi connectivity index (χ2n) is 8.86. The van der Waals surface area contributed by atoms with Crippen molar-refractivity contribution in [1.82, 2.24) is 0 Å². The Bertz CT molecular complexity index is 621. The molecule has 4 rings (SSSR count). The van der Waals surface area contributed by atoms with Gasteiger partial charge < -0.3 is 5.11 Å². The normalized spacial score (nSPS) is 52.2. The Morgan fingerprint density at radius 2 is 2.00 bits per heavy atom. The Morgan fingerprint density at radius 1 is 1.26 bits per heavy atom. The van der Waals surface area contributed by atoms with Gasteiger partial charge in [0.05, 0.1) is 11.1 Å². The average molecular weight is 335 g/mol. The lowest BCUT2D eigenvalue weighted by molar-refractivity contribution is -0.117. The Hall–Kier alpha value is -0.600. The zero-order valence-electron chi connectivity index (χ0n) is 14.3. The zero-order valence-corrected chi connectivity index (χ0v) is 15.1. The van der Waals surface area contributed by atoms with E-state index in [2.05, 4.69) is 20.8 Å². The summed E-state index contributed by atoms with van der Waals surface area (Å²) in [5.41, 5.74) is 1.10. The van der Waals surface area contributed by atoms with E-state index < -0.39 is 0 Å². The molecule has 0 aromatic carbocycles. The predicted octanol–water partition coefficient (Wildman–Crippen LogP) is 4.47. The molecule has 3 heteroatoms. The van der Waals surface area contributed by atoms with Gasteiger partial charge in [0, 0.05) is 11.3 Å². The molecule has 0 aromatic rings. The Morgan fingerprint density at radius 3 is 2.74 bits per heavy atom. The van der Waals surface area contributed by atoms with Crippen LogP contribution in [0.5, 0.6) is 0 Å². The molecule has 4 aliphatic carbocycles. The van der Waals surface area contributed by atoms with Crippen LogP contribution in [-0.2, 0) is 4.79 Å². The maximum absolute atomic E-state index is 12.0. The van der Waals surface area contributed by atoms with E-state index in [0.29, 0.717) is 22.8 Å². The molecule has 4 aliphatic rings. The van der Waals surface area contributed by atoms with Crippen molar-refractivity contribution in [2.24, 2.45) is 34.5 Å². The predicted molar refractivity (Wildman–Crippen MR) is 92.0 cm³/mol. The van der Waals surface area contributed by atoms with E-state index in [-0.39, 0.29) is 28.6 Å². The van der Waals surface area contributed by atoms with Crippen LogP contribution in [0.15, 0.2) is 22.8 Å². The van der Waals surface area contributed by atoms with Crippen molar-refractivity contribution in [2.45, 2.75) is 59.0 Å². The van der Waals surface area contributed by atoms with Crippen molar-refractivity contribution in [3.05, 3.63) is 22.8 Å². The van der Waals surface area contributed by atoms with Gasteiger partial charge in [0.25, 0.3) is 0 Å². The van der Waals surface area contributed by atoms with Crippen LogP contribution in [0.1, 0.15) is 52.9 Å². The molecule has 23 heavy (non-hydrogen) atoms. The van der Waals surface area contributed by atoms with Crippen LogP contribution < -0.4 is 0 Å². The molecule has 0 saturated heterocycles. The lowest BCUT2D eigenvalue weighted by Crippen LogP contribution is -2.55. The monoisotopic (exact) mass is 334 g/mol. The van der Waals surface area contributed by atoms with Crippen molar-refractivity contribution in [1.29, 1.82) is 0 Å². The fourth-order valence-electron chi connectivity index (χ4n) is 6.66. The lowest BCUT2D eigenvalue weighted by Gasteiger charge is -2.58. The summed E-state index contributed by atoms with van der Waals surface area (Å²) in [5, 5.41) is 11.5. The first-order chi connectivity index (χ1) is 10.8. The van der Waals surface area contributed by atoms with E-state index in [9.17, 15) is 9.90 Å². The van der Waals surface area contributed by atoms with Gasteiger partial charge in [0.1, 0.15) is 0 Å². The molecule has 0 heterocycles. The highest BCUT2D eigenvalue weighted by Crippen LogP contribution is 2.66. The largest absolute Gasteiger partial charge is 0.393 e. The molecule has 0 aromatic heterocycles. The summed E-state index contributed by atoms with van der Waals surface area (Å²) in [6.45, 7) is 6.95. The molecular formula is C20H27ClO2. The van der Waals surface area contributed by atoms with Crippen molar-refractivity contribution in [3.63, 3.8) is 0 Å². The first-order valence-electron chi connectivity index (χ1n) is 9.10. The zero-order chi connectivity index (χ0) is 16.6. The number of hydrogen-bond donors (Lipinski definition) is 1. The highest BCUT2D eigenvalue weighted by Gasteiger charge is 2.61. The van der Waals surface area contributed by atoms with Crippen LogP contribution in [0.3, 0.4) is 0 Å². The van der Waals surface area contributed by atoms with Crippen LogP contribution in [0.25, 0.3) is 0 Å². The van der Waals surface area contributed by atoms with Crippen molar-refractivity contribution >= 4 is 17.4 Å². The van der Waals surface area contributed by atoms with Crippen molar-refractivity contribution in [3.8, 4) is 0 Å². The third kappa shape index (κ3) is 1.94. The summed E-state index contributed by atoms with van der Waals surface area (Å²) in [4.78, 5) is 12.0. The Kier molecular flexibility index (Phi) is 3.42. The number of carbonyl (C=O) groups is 1. The Labute approximate surface area is 144 Å². The summed E-state index contributed by atoms with van der Waals surface area (Å²) < 4.78 is 0. The standard InChI is InChI=1S/C20H27ClO2/c1-11-4-6-13-12-5-7-14-18(21)15(22)8-9-19(14,2)17(12)16(23)10-20(11,13)3/h8-9,11-13,16-17,23H,4-7,10H2,1-3H3/t11-,12+,13+,16+,17?,19+,20-/m1/s1. The molecule has 3 saturated carbocycles. The summed E-state index contributed by atoms with van der Waals surface area (Å²) in [5.74, 6) is 2.08. The maximum atomic E-state index is 12.0. The quantitative estimate of drug-likeness (QED) is 0.709. The molecule has 3 fully saturated rings. The highest BCUT2D eigenvalue weighted by molar-refractivity contribution is 6.45. The van der Waals surface area contributed by atoms with E-state index in [1.165, 1.54) is 12.8 Å². The topological polar surface area (TPSA) is 37.3 Å². The number of hydrogen-bond acceptors (Lipinski definition) is 2. The minimum absolute atomic E-state index is 0.0674. The number of rotatable bonds is 0. The first kappa shape index (κ1) is 15.9. The highest BCUT2D eigenvalue weighted by atomic mass is 35.5. The minimum Gasteiger partial charge on any atom is -0.393 e. The number of ketones is 1. The average Bonchev–Trinajstić information content (AvgIpc) is 2.78. The van der Waals surface area contributed by atoms with E-state index in [1.807, 2.05) is 6.08 Å². The summed E-state index contributed by atoms with van der Waals surface area (Å²) >= 11 is 6.37. The van der Waals surface area contributed by atoms with Gasteiger partial charge in [-0.1, -0.05) is 38.4 Å². The number of halogens is 1. The van der Waals surface area contributed by atoms with Crippen LogP contribution >= 0.6 is 11.6 Å². The van der Waals surface area contributed by atoms with Gasteiger partial charge in [-0.15, -0.1) is 0 Å². The van der Waals surface area contributed by atoms with Crippen LogP contribution in [-0.4, -0.2) is 17.0 Å². The lowest BCUT2D eigenvalue weighted by atomic mass is 9.47. The van der Waals surface area contributed by atoms with E-state index in [4.69, 9.17) is 11.6 Å². The number of carbonyl (C=O) groups excluding carboxylic acids is 1. The van der Waals surface area contributed by atoms with Gasteiger partial charge in [-0.05, 0) is 66.9 Å². The van der Waals surface area contributed by atoms with E-state index in [0.717, 1.165) is 24.8 Å². The third-order valence-electron chi connectivity index (χ3n) is 8.06. The molecule has 0 aliphatic heterocycles. The van der Waals surface area contributed by atoms with E-state index >= 15 is 0 Å². The fourth-order valence-corrected chi connectivity index (χ4v) is 7.02. The summed E-state index contributed by atoms with van der Waals surface area (Å²) in [6.07, 6.45) is 8.80. The molecule has 2 nitrogen and oxygen atoms in total. The van der Waals surface area contributed by atoms with Crippen LogP contribution in [0, 0.1) is 34.5 Å². The molecular weight excluding hydrogens is 308 g/mol. The van der Waals surface area contributed by atoms with Crippen molar-refractivity contribution < 1.29 is 9.90 Å². The van der Waals surface area contributed by atoms with Gasteiger partial charge in [-0.25, -0.2) is 0 Å². The van der Waals surface area contributed by atoms with Crippen LogP contribution in [0.2, 0.25) is 0 Å². The maximum Gasteiger partial charge on any atom is 0.196 e.